The lowest BCUT2D eigenvalue weighted by Gasteiger charge is -2.35. The Hall–Kier alpha value is -1.71. The average molecular weight is 295 g/mol. The van der Waals surface area contributed by atoms with Gasteiger partial charge in [0.15, 0.2) is 0 Å². The Kier molecular flexibility index (Phi) is 3.45. The molecule has 1 saturated carbocycles. The maximum absolute atomic E-state index is 5.99. The molecule has 2 nitrogen and oxygen atoms in total. The molecule has 4 rings (SSSR count). The molecule has 0 spiro atoms. The van der Waals surface area contributed by atoms with E-state index in [0.29, 0.717) is 12.0 Å². The van der Waals surface area contributed by atoms with Gasteiger partial charge in [0.05, 0.1) is 12.7 Å². The standard InChI is InChI=1S/C18H17NOS/c1-2-5-13(6-3-1)11-20-15-9-14(10-15)17-12-21-18-16(17)7-4-8-19-18/h1-8,12,14-15H,9-11H2. The zero-order valence-electron chi connectivity index (χ0n) is 11.7. The minimum Gasteiger partial charge on any atom is -0.373 e. The van der Waals surface area contributed by atoms with Gasteiger partial charge >= 0.3 is 0 Å². The van der Waals surface area contributed by atoms with E-state index in [1.54, 1.807) is 11.3 Å². The lowest BCUT2D eigenvalue weighted by atomic mass is 9.77. The number of nitrogens with zero attached hydrogens (tertiary/aromatic N) is 1. The van der Waals surface area contributed by atoms with Gasteiger partial charge in [-0.1, -0.05) is 36.4 Å². The number of aromatic nitrogens is 1. The van der Waals surface area contributed by atoms with Crippen LogP contribution in [-0.4, -0.2) is 11.1 Å². The molecule has 1 aromatic carbocycles. The molecule has 3 aromatic rings. The number of pyridine rings is 1. The van der Waals surface area contributed by atoms with Crippen LogP contribution in [-0.2, 0) is 11.3 Å². The Morgan fingerprint density at radius 2 is 1.95 bits per heavy atom. The van der Waals surface area contributed by atoms with Gasteiger partial charge in [0.25, 0.3) is 0 Å². The first-order chi connectivity index (χ1) is 10.4. The van der Waals surface area contributed by atoms with Gasteiger partial charge in [-0.3, -0.25) is 0 Å². The van der Waals surface area contributed by atoms with E-state index in [0.717, 1.165) is 24.3 Å². The smallest absolute Gasteiger partial charge is 0.123 e. The molecular formula is C18H17NOS. The highest BCUT2D eigenvalue weighted by atomic mass is 32.1. The predicted octanol–water partition coefficient (Wildman–Crippen LogP) is 4.76. The second-order valence-corrected chi connectivity index (χ2v) is 6.49. The fraction of sp³-hybridized carbons (Fsp3) is 0.278. The molecule has 106 valence electrons. The van der Waals surface area contributed by atoms with Crippen molar-refractivity contribution in [2.24, 2.45) is 0 Å². The minimum absolute atomic E-state index is 0.404. The SMILES string of the molecule is c1ccc(COC2CC(c3csc4ncccc34)C2)cc1. The van der Waals surface area contributed by atoms with Crippen LogP contribution in [0.2, 0.25) is 0 Å². The Morgan fingerprint density at radius 1 is 1.10 bits per heavy atom. The first-order valence-electron chi connectivity index (χ1n) is 7.38. The third-order valence-corrected chi connectivity index (χ3v) is 5.16. The van der Waals surface area contributed by atoms with Crippen LogP contribution in [0.5, 0.6) is 0 Å². The maximum Gasteiger partial charge on any atom is 0.123 e. The van der Waals surface area contributed by atoms with E-state index in [4.69, 9.17) is 4.74 Å². The predicted molar refractivity (Wildman–Crippen MR) is 86.6 cm³/mol. The van der Waals surface area contributed by atoms with Gasteiger partial charge < -0.3 is 4.74 Å². The molecule has 2 heterocycles. The second kappa shape index (κ2) is 5.58. The molecule has 1 fully saturated rings. The molecule has 2 aromatic heterocycles. The van der Waals surface area contributed by atoms with Crippen molar-refractivity contribution in [3.63, 3.8) is 0 Å². The van der Waals surface area contributed by atoms with E-state index in [2.05, 4.69) is 40.7 Å². The number of rotatable bonds is 4. The van der Waals surface area contributed by atoms with Crippen LogP contribution in [0.1, 0.15) is 29.9 Å². The van der Waals surface area contributed by atoms with Crippen LogP contribution in [0.4, 0.5) is 0 Å². The highest BCUT2D eigenvalue weighted by Crippen LogP contribution is 2.43. The summed E-state index contributed by atoms with van der Waals surface area (Å²) in [6.45, 7) is 0.726. The third-order valence-electron chi connectivity index (χ3n) is 4.24. The molecule has 0 amide bonds. The maximum atomic E-state index is 5.99. The topological polar surface area (TPSA) is 22.1 Å². The van der Waals surface area contributed by atoms with Crippen LogP contribution in [0.25, 0.3) is 10.2 Å². The lowest BCUT2D eigenvalue weighted by Crippen LogP contribution is -2.29. The van der Waals surface area contributed by atoms with Crippen molar-refractivity contribution in [3.05, 3.63) is 65.2 Å². The highest BCUT2D eigenvalue weighted by Gasteiger charge is 2.32. The van der Waals surface area contributed by atoms with E-state index < -0.39 is 0 Å². The summed E-state index contributed by atoms with van der Waals surface area (Å²) in [4.78, 5) is 5.58. The van der Waals surface area contributed by atoms with E-state index >= 15 is 0 Å². The van der Waals surface area contributed by atoms with Crippen molar-refractivity contribution in [1.29, 1.82) is 0 Å². The summed E-state index contributed by atoms with van der Waals surface area (Å²) < 4.78 is 5.99. The van der Waals surface area contributed by atoms with Crippen molar-refractivity contribution < 1.29 is 4.74 Å². The first kappa shape index (κ1) is 13.0. The summed E-state index contributed by atoms with van der Waals surface area (Å²) in [5.41, 5.74) is 2.72. The van der Waals surface area contributed by atoms with Crippen molar-refractivity contribution in [3.8, 4) is 0 Å². The zero-order chi connectivity index (χ0) is 14.1. The summed E-state index contributed by atoms with van der Waals surface area (Å²) in [6.07, 6.45) is 4.54. The van der Waals surface area contributed by atoms with Crippen molar-refractivity contribution in [1.82, 2.24) is 4.98 Å². The summed E-state index contributed by atoms with van der Waals surface area (Å²) >= 11 is 1.75. The van der Waals surface area contributed by atoms with Gasteiger partial charge in [0.2, 0.25) is 0 Å². The number of thiophene rings is 1. The largest absolute Gasteiger partial charge is 0.373 e. The normalized spacial score (nSPS) is 21.3. The highest BCUT2D eigenvalue weighted by molar-refractivity contribution is 7.16. The lowest BCUT2D eigenvalue weighted by molar-refractivity contribution is -0.0204. The molecule has 0 aliphatic heterocycles. The average Bonchev–Trinajstić information content (AvgIpc) is 2.91. The van der Waals surface area contributed by atoms with Gasteiger partial charge in [-0.2, -0.15) is 0 Å². The first-order valence-corrected chi connectivity index (χ1v) is 8.26. The van der Waals surface area contributed by atoms with Crippen LogP contribution in [0, 0.1) is 0 Å². The molecule has 0 radical (unpaired) electrons. The van der Waals surface area contributed by atoms with Gasteiger partial charge in [0.1, 0.15) is 4.83 Å². The van der Waals surface area contributed by atoms with Crippen molar-refractivity contribution >= 4 is 21.6 Å². The summed E-state index contributed by atoms with van der Waals surface area (Å²) in [5.74, 6) is 0.642. The fourth-order valence-electron chi connectivity index (χ4n) is 2.95. The number of fused-ring (bicyclic) bond motifs is 1. The molecule has 21 heavy (non-hydrogen) atoms. The molecule has 0 bridgehead atoms. The molecule has 0 N–H and O–H groups in total. The van der Waals surface area contributed by atoms with Crippen molar-refractivity contribution in [2.75, 3.05) is 0 Å². The van der Waals surface area contributed by atoms with Gasteiger partial charge in [0, 0.05) is 11.6 Å². The Balaban J connectivity index is 1.37. The van der Waals surface area contributed by atoms with Gasteiger partial charge in [-0.05, 0) is 41.3 Å². The minimum atomic E-state index is 0.404. The van der Waals surface area contributed by atoms with Crippen LogP contribution < -0.4 is 0 Å². The molecule has 1 aliphatic carbocycles. The Labute approximate surface area is 128 Å². The monoisotopic (exact) mass is 295 g/mol. The quantitative estimate of drug-likeness (QED) is 0.692. The molecule has 1 aliphatic rings. The number of benzene rings is 1. The molecule has 0 atom stereocenters. The molecule has 0 unspecified atom stereocenters. The summed E-state index contributed by atoms with van der Waals surface area (Å²) in [5, 5.41) is 3.60. The molecule has 0 saturated heterocycles. The summed E-state index contributed by atoms with van der Waals surface area (Å²) in [6, 6.07) is 14.6. The van der Waals surface area contributed by atoms with E-state index in [1.165, 1.54) is 16.5 Å². The Morgan fingerprint density at radius 3 is 2.81 bits per heavy atom. The van der Waals surface area contributed by atoms with E-state index in [-0.39, 0.29) is 0 Å². The molecule has 3 heteroatoms. The number of hydrogen-bond acceptors (Lipinski definition) is 3. The van der Waals surface area contributed by atoms with Crippen LogP contribution in [0.3, 0.4) is 0 Å². The number of ether oxygens (including phenoxy) is 1. The van der Waals surface area contributed by atoms with Gasteiger partial charge in [-0.25, -0.2) is 4.98 Å². The third kappa shape index (κ3) is 2.59. The zero-order valence-corrected chi connectivity index (χ0v) is 12.6. The summed E-state index contributed by atoms with van der Waals surface area (Å²) in [7, 11) is 0. The molecular weight excluding hydrogens is 278 g/mol. The fourth-order valence-corrected chi connectivity index (χ4v) is 3.94. The number of hydrogen-bond donors (Lipinski definition) is 0. The van der Waals surface area contributed by atoms with Crippen LogP contribution in [0.15, 0.2) is 54.0 Å². The second-order valence-electron chi connectivity index (χ2n) is 5.63. The van der Waals surface area contributed by atoms with E-state index in [9.17, 15) is 0 Å². The Bertz CT molecular complexity index is 731. The van der Waals surface area contributed by atoms with Crippen molar-refractivity contribution in [2.45, 2.75) is 31.5 Å². The van der Waals surface area contributed by atoms with E-state index in [1.807, 2.05) is 18.3 Å². The van der Waals surface area contributed by atoms with Gasteiger partial charge in [-0.15, -0.1) is 11.3 Å². The van der Waals surface area contributed by atoms with Crippen LogP contribution >= 0.6 is 11.3 Å².